The van der Waals surface area contributed by atoms with Crippen molar-refractivity contribution in [3.8, 4) is 12.3 Å². The summed E-state index contributed by atoms with van der Waals surface area (Å²) in [7, 11) is 0. The summed E-state index contributed by atoms with van der Waals surface area (Å²) < 4.78 is 4.98. The highest BCUT2D eigenvalue weighted by Gasteiger charge is 2.16. The second kappa shape index (κ2) is 4.73. The van der Waals surface area contributed by atoms with Gasteiger partial charge in [-0.15, -0.1) is 6.42 Å². The van der Waals surface area contributed by atoms with Crippen molar-refractivity contribution in [3.63, 3.8) is 0 Å². The summed E-state index contributed by atoms with van der Waals surface area (Å²) in [5, 5.41) is 0.199. The molecule has 1 heterocycles. The minimum Gasteiger partial charge on any atom is -0.440 e. The van der Waals surface area contributed by atoms with Crippen LogP contribution in [0.15, 0.2) is 16.5 Å². The van der Waals surface area contributed by atoms with Crippen LogP contribution in [-0.4, -0.2) is 23.9 Å². The summed E-state index contributed by atoms with van der Waals surface area (Å²) in [6.07, 6.45) is 5.13. The molecule has 0 bridgehead atoms. The highest BCUT2D eigenvalue weighted by Crippen LogP contribution is 2.14. The Labute approximate surface area is 87.6 Å². The average Bonchev–Trinajstić information content (AvgIpc) is 2.60. The first kappa shape index (κ1) is 10.7. The van der Waals surface area contributed by atoms with Crippen LogP contribution >= 0.6 is 11.6 Å². The molecule has 1 amide bonds. The van der Waals surface area contributed by atoms with Gasteiger partial charge >= 0.3 is 0 Å². The van der Waals surface area contributed by atoms with Crippen molar-refractivity contribution in [1.29, 1.82) is 0 Å². The molecule has 0 fully saturated rings. The zero-order valence-corrected chi connectivity index (χ0v) is 8.54. The van der Waals surface area contributed by atoms with E-state index in [2.05, 4.69) is 5.92 Å². The van der Waals surface area contributed by atoms with Crippen LogP contribution in [0.5, 0.6) is 0 Å². The Morgan fingerprint density at radius 1 is 1.71 bits per heavy atom. The van der Waals surface area contributed by atoms with Crippen LogP contribution in [0.25, 0.3) is 0 Å². The maximum absolute atomic E-state index is 11.7. The average molecular weight is 212 g/mol. The fourth-order valence-corrected chi connectivity index (χ4v) is 1.17. The number of terminal acetylenes is 1. The van der Waals surface area contributed by atoms with Crippen LogP contribution in [0, 0.1) is 12.3 Å². The van der Waals surface area contributed by atoms with Crippen molar-refractivity contribution in [2.24, 2.45) is 0 Å². The van der Waals surface area contributed by atoms with E-state index < -0.39 is 0 Å². The summed E-state index contributed by atoms with van der Waals surface area (Å²) in [6.45, 7) is 2.66. The lowest BCUT2D eigenvalue weighted by atomic mass is 10.3. The van der Waals surface area contributed by atoms with E-state index in [4.69, 9.17) is 22.4 Å². The van der Waals surface area contributed by atoms with Crippen molar-refractivity contribution in [2.45, 2.75) is 6.92 Å². The lowest BCUT2D eigenvalue weighted by molar-refractivity contribution is 0.0753. The molecule has 14 heavy (non-hydrogen) atoms. The van der Waals surface area contributed by atoms with E-state index in [1.165, 1.54) is 17.0 Å². The maximum Gasteiger partial charge on any atom is 0.290 e. The Bertz CT molecular complexity index is 364. The number of nitrogens with zero attached hydrogens (tertiary/aromatic N) is 1. The molecule has 1 aromatic heterocycles. The summed E-state index contributed by atoms with van der Waals surface area (Å²) in [6, 6.07) is 3.06. The van der Waals surface area contributed by atoms with Gasteiger partial charge in [-0.3, -0.25) is 4.79 Å². The monoisotopic (exact) mass is 211 g/mol. The number of hydrogen-bond acceptors (Lipinski definition) is 2. The van der Waals surface area contributed by atoms with Gasteiger partial charge in [-0.25, -0.2) is 0 Å². The topological polar surface area (TPSA) is 33.5 Å². The molecule has 1 aromatic rings. The Kier molecular flexibility index (Phi) is 3.61. The minimum absolute atomic E-state index is 0.199. The fourth-order valence-electron chi connectivity index (χ4n) is 1.02. The van der Waals surface area contributed by atoms with Gasteiger partial charge < -0.3 is 9.32 Å². The highest BCUT2D eigenvalue weighted by atomic mass is 35.5. The molecule has 0 aliphatic heterocycles. The number of hydrogen-bond donors (Lipinski definition) is 0. The van der Waals surface area contributed by atoms with Crippen LogP contribution in [0.3, 0.4) is 0 Å². The predicted molar refractivity (Wildman–Crippen MR) is 54.1 cm³/mol. The third kappa shape index (κ3) is 2.30. The normalized spacial score (nSPS) is 9.50. The third-order valence-electron chi connectivity index (χ3n) is 1.74. The van der Waals surface area contributed by atoms with Crippen molar-refractivity contribution < 1.29 is 9.21 Å². The van der Waals surface area contributed by atoms with E-state index in [-0.39, 0.29) is 23.4 Å². The predicted octanol–water partition coefficient (Wildman–Crippen LogP) is 2.03. The maximum atomic E-state index is 11.7. The zero-order valence-electron chi connectivity index (χ0n) is 7.79. The smallest absolute Gasteiger partial charge is 0.290 e. The molecule has 0 atom stereocenters. The first-order chi connectivity index (χ1) is 6.69. The molecule has 1 rings (SSSR count). The molecule has 3 nitrogen and oxygen atoms in total. The van der Waals surface area contributed by atoms with Crippen LogP contribution in [-0.2, 0) is 0 Å². The van der Waals surface area contributed by atoms with Gasteiger partial charge in [-0.1, -0.05) is 5.92 Å². The first-order valence-corrected chi connectivity index (χ1v) is 4.55. The fraction of sp³-hybridized carbons (Fsp3) is 0.300. The number of rotatable bonds is 3. The van der Waals surface area contributed by atoms with Crippen LogP contribution < -0.4 is 0 Å². The molecular formula is C10H10ClNO2. The van der Waals surface area contributed by atoms with Gasteiger partial charge in [0, 0.05) is 6.54 Å². The third-order valence-corrected chi connectivity index (χ3v) is 1.94. The second-order valence-electron chi connectivity index (χ2n) is 2.63. The van der Waals surface area contributed by atoms with E-state index in [0.29, 0.717) is 6.54 Å². The van der Waals surface area contributed by atoms with Gasteiger partial charge in [0.15, 0.2) is 11.0 Å². The van der Waals surface area contributed by atoms with Crippen molar-refractivity contribution in [2.75, 3.05) is 13.1 Å². The van der Waals surface area contributed by atoms with E-state index in [0.717, 1.165) is 0 Å². The molecule has 0 aromatic carbocycles. The molecular weight excluding hydrogens is 202 g/mol. The number of furan rings is 1. The van der Waals surface area contributed by atoms with E-state index in [1.54, 1.807) is 0 Å². The molecule has 0 saturated heterocycles. The Morgan fingerprint density at radius 3 is 2.86 bits per heavy atom. The Hall–Kier alpha value is -1.40. The van der Waals surface area contributed by atoms with Gasteiger partial charge in [0.05, 0.1) is 6.54 Å². The van der Waals surface area contributed by atoms with E-state index in [9.17, 15) is 4.79 Å². The van der Waals surface area contributed by atoms with Crippen LogP contribution in [0.4, 0.5) is 0 Å². The van der Waals surface area contributed by atoms with E-state index >= 15 is 0 Å². The van der Waals surface area contributed by atoms with Gasteiger partial charge in [0.25, 0.3) is 5.91 Å². The zero-order chi connectivity index (χ0) is 10.6. The minimum atomic E-state index is -0.239. The molecule has 0 N–H and O–H groups in total. The first-order valence-electron chi connectivity index (χ1n) is 4.17. The number of amides is 1. The van der Waals surface area contributed by atoms with Gasteiger partial charge in [0.2, 0.25) is 0 Å². The molecule has 74 valence electrons. The lowest BCUT2D eigenvalue weighted by Crippen LogP contribution is -2.30. The lowest BCUT2D eigenvalue weighted by Gasteiger charge is -2.15. The quantitative estimate of drug-likeness (QED) is 0.717. The molecule has 0 unspecified atom stereocenters. The molecule has 0 aliphatic carbocycles. The highest BCUT2D eigenvalue weighted by molar-refractivity contribution is 6.29. The Balaban J connectivity index is 2.78. The molecule has 4 heteroatoms. The number of carbonyl (C=O) groups is 1. The standard InChI is InChI=1S/C10H10ClNO2/c1-3-7-12(4-2)10(13)8-5-6-9(11)14-8/h1,5-6H,4,7H2,2H3. The van der Waals surface area contributed by atoms with Crippen molar-refractivity contribution in [3.05, 3.63) is 23.1 Å². The molecule has 0 radical (unpaired) electrons. The number of halogens is 1. The largest absolute Gasteiger partial charge is 0.440 e. The molecule has 0 aliphatic rings. The summed E-state index contributed by atoms with van der Waals surface area (Å²) in [5.41, 5.74) is 0. The van der Waals surface area contributed by atoms with Crippen LogP contribution in [0.2, 0.25) is 5.22 Å². The summed E-state index contributed by atoms with van der Waals surface area (Å²) in [4.78, 5) is 13.2. The van der Waals surface area contributed by atoms with Crippen molar-refractivity contribution >= 4 is 17.5 Å². The SMILES string of the molecule is C#CCN(CC)C(=O)c1ccc(Cl)o1. The second-order valence-corrected chi connectivity index (χ2v) is 3.00. The number of carbonyl (C=O) groups excluding carboxylic acids is 1. The van der Waals surface area contributed by atoms with Gasteiger partial charge in [-0.2, -0.15) is 0 Å². The van der Waals surface area contributed by atoms with Gasteiger partial charge in [-0.05, 0) is 30.7 Å². The van der Waals surface area contributed by atoms with E-state index in [1.807, 2.05) is 6.92 Å². The van der Waals surface area contributed by atoms with Crippen LogP contribution in [0.1, 0.15) is 17.5 Å². The van der Waals surface area contributed by atoms with Crippen molar-refractivity contribution in [1.82, 2.24) is 4.90 Å². The molecule has 0 spiro atoms. The summed E-state index contributed by atoms with van der Waals surface area (Å²) in [5.74, 6) is 2.38. The Morgan fingerprint density at radius 2 is 2.43 bits per heavy atom. The summed E-state index contributed by atoms with van der Waals surface area (Å²) >= 11 is 5.55. The molecule has 0 saturated carbocycles. The van der Waals surface area contributed by atoms with Gasteiger partial charge in [0.1, 0.15) is 0 Å².